The maximum absolute atomic E-state index is 12.5. The number of hydrogen-bond acceptors (Lipinski definition) is 2. The Morgan fingerprint density at radius 2 is 2.00 bits per heavy atom. The van der Waals surface area contributed by atoms with Crippen LogP contribution in [-0.2, 0) is 6.18 Å². The van der Waals surface area contributed by atoms with E-state index >= 15 is 0 Å². The number of halogens is 3. The van der Waals surface area contributed by atoms with Crippen LogP contribution in [0.4, 0.5) is 23.7 Å². The highest BCUT2D eigenvalue weighted by atomic mass is 19.4. The number of hydrogen-bond donors (Lipinski definition) is 3. The summed E-state index contributed by atoms with van der Waals surface area (Å²) in [6.07, 6.45) is -4.02. The summed E-state index contributed by atoms with van der Waals surface area (Å²) < 4.78 is 37.5. The van der Waals surface area contributed by atoms with Gasteiger partial charge in [-0.25, -0.2) is 4.79 Å². The normalized spacial score (nSPS) is 14.5. The lowest BCUT2D eigenvalue weighted by Crippen LogP contribution is -2.41. The first-order valence-corrected chi connectivity index (χ1v) is 6.08. The first-order valence-electron chi connectivity index (χ1n) is 6.08. The molecule has 0 aliphatic rings. The van der Waals surface area contributed by atoms with Gasteiger partial charge in [-0.3, -0.25) is 0 Å². The highest BCUT2D eigenvalue weighted by Crippen LogP contribution is 2.30. The number of alkyl halides is 3. The van der Waals surface area contributed by atoms with E-state index in [1.807, 2.05) is 0 Å². The average Bonchev–Trinajstić information content (AvgIpc) is 2.36. The lowest BCUT2D eigenvalue weighted by atomic mass is 10.0. The van der Waals surface area contributed by atoms with Crippen molar-refractivity contribution in [1.29, 1.82) is 0 Å². The van der Waals surface area contributed by atoms with E-state index in [4.69, 9.17) is 0 Å². The first kappa shape index (κ1) is 16.3. The van der Waals surface area contributed by atoms with Gasteiger partial charge in [0.25, 0.3) is 0 Å². The molecule has 1 rings (SSSR count). The van der Waals surface area contributed by atoms with Crippen LogP contribution in [0.25, 0.3) is 0 Å². The molecule has 0 fully saturated rings. The van der Waals surface area contributed by atoms with Crippen LogP contribution in [0.1, 0.15) is 25.8 Å². The molecule has 0 aliphatic heterocycles. The maximum atomic E-state index is 12.5. The van der Waals surface area contributed by atoms with Crippen molar-refractivity contribution in [3.8, 4) is 0 Å². The van der Waals surface area contributed by atoms with Crippen LogP contribution >= 0.6 is 0 Å². The maximum Gasteiger partial charge on any atom is 0.416 e. The molecule has 4 nitrogen and oxygen atoms in total. The predicted octanol–water partition coefficient (Wildman–Crippen LogP) is 2.99. The quantitative estimate of drug-likeness (QED) is 0.798. The SMILES string of the molecule is CCC(C)(O)CNC(=O)Nc1cccc(C(F)(F)F)c1. The molecule has 0 spiro atoms. The summed E-state index contributed by atoms with van der Waals surface area (Å²) in [5, 5.41) is 14.4. The Morgan fingerprint density at radius 1 is 1.35 bits per heavy atom. The Balaban J connectivity index is 2.63. The van der Waals surface area contributed by atoms with Gasteiger partial charge < -0.3 is 15.7 Å². The van der Waals surface area contributed by atoms with Gasteiger partial charge in [-0.1, -0.05) is 13.0 Å². The molecule has 20 heavy (non-hydrogen) atoms. The van der Waals surface area contributed by atoms with Gasteiger partial charge in [-0.2, -0.15) is 13.2 Å². The highest BCUT2D eigenvalue weighted by Gasteiger charge is 2.30. The Bertz CT molecular complexity index is 473. The van der Waals surface area contributed by atoms with E-state index in [-0.39, 0.29) is 12.2 Å². The Morgan fingerprint density at radius 3 is 2.55 bits per heavy atom. The Hall–Kier alpha value is -1.76. The molecule has 112 valence electrons. The van der Waals surface area contributed by atoms with Crippen molar-refractivity contribution < 1.29 is 23.1 Å². The number of aliphatic hydroxyl groups is 1. The molecule has 7 heteroatoms. The number of rotatable bonds is 4. The number of amides is 2. The van der Waals surface area contributed by atoms with Gasteiger partial charge >= 0.3 is 12.2 Å². The molecule has 0 bridgehead atoms. The second kappa shape index (κ2) is 6.13. The fourth-order valence-electron chi connectivity index (χ4n) is 1.34. The van der Waals surface area contributed by atoms with Crippen LogP contribution in [0.3, 0.4) is 0 Å². The molecule has 0 heterocycles. The molecule has 0 saturated heterocycles. The summed E-state index contributed by atoms with van der Waals surface area (Å²) in [6, 6.07) is 3.66. The minimum Gasteiger partial charge on any atom is -0.388 e. The number of benzene rings is 1. The molecule has 1 unspecified atom stereocenters. The van der Waals surface area contributed by atoms with Crippen LogP contribution < -0.4 is 10.6 Å². The third-order valence-corrected chi connectivity index (χ3v) is 2.84. The molecule has 0 aromatic heterocycles. The molecule has 1 atom stereocenters. The summed E-state index contributed by atoms with van der Waals surface area (Å²) >= 11 is 0. The number of carbonyl (C=O) groups excluding carboxylic acids is 1. The van der Waals surface area contributed by atoms with Crippen molar-refractivity contribution in [3.05, 3.63) is 29.8 Å². The number of carbonyl (C=O) groups is 1. The predicted molar refractivity (Wildman–Crippen MR) is 69.4 cm³/mol. The summed E-state index contributed by atoms with van der Waals surface area (Å²) in [4.78, 5) is 11.5. The third kappa shape index (κ3) is 5.08. The van der Waals surface area contributed by atoms with Crippen molar-refractivity contribution in [3.63, 3.8) is 0 Å². The molecule has 0 radical (unpaired) electrons. The lowest BCUT2D eigenvalue weighted by molar-refractivity contribution is -0.137. The second-order valence-electron chi connectivity index (χ2n) is 4.74. The standard InChI is InChI=1S/C13H17F3N2O2/c1-3-12(2,20)8-17-11(19)18-10-6-4-5-9(7-10)13(14,15)16/h4-7,20H,3,8H2,1-2H3,(H2,17,18,19). The van der Waals surface area contributed by atoms with E-state index in [9.17, 15) is 23.1 Å². The van der Waals surface area contributed by atoms with Crippen molar-refractivity contribution in [1.82, 2.24) is 5.32 Å². The molecule has 1 aromatic carbocycles. The van der Waals surface area contributed by atoms with Crippen molar-refractivity contribution >= 4 is 11.7 Å². The molecule has 3 N–H and O–H groups in total. The van der Waals surface area contributed by atoms with Gasteiger partial charge in [0.15, 0.2) is 0 Å². The fourth-order valence-corrected chi connectivity index (χ4v) is 1.34. The summed E-state index contributed by atoms with van der Waals surface area (Å²) in [5.41, 5.74) is -1.85. The summed E-state index contributed by atoms with van der Waals surface area (Å²) in [5.74, 6) is 0. The van der Waals surface area contributed by atoms with Gasteiger partial charge in [0.05, 0.1) is 11.2 Å². The van der Waals surface area contributed by atoms with Crippen molar-refractivity contribution in [2.75, 3.05) is 11.9 Å². The largest absolute Gasteiger partial charge is 0.416 e. The van der Waals surface area contributed by atoms with E-state index in [0.717, 1.165) is 12.1 Å². The van der Waals surface area contributed by atoms with Crippen molar-refractivity contribution in [2.24, 2.45) is 0 Å². The monoisotopic (exact) mass is 290 g/mol. The van der Waals surface area contributed by atoms with E-state index < -0.39 is 23.4 Å². The average molecular weight is 290 g/mol. The smallest absolute Gasteiger partial charge is 0.388 e. The minimum absolute atomic E-state index is 0.00823. The lowest BCUT2D eigenvalue weighted by Gasteiger charge is -2.21. The topological polar surface area (TPSA) is 61.4 Å². The molecule has 0 saturated carbocycles. The van der Waals surface area contributed by atoms with Gasteiger partial charge in [-0.15, -0.1) is 0 Å². The number of anilines is 1. The molecular weight excluding hydrogens is 273 g/mol. The highest BCUT2D eigenvalue weighted by molar-refractivity contribution is 5.89. The summed E-state index contributed by atoms with van der Waals surface area (Å²) in [7, 11) is 0. The van der Waals surface area contributed by atoms with Crippen LogP contribution in [0.2, 0.25) is 0 Å². The van der Waals surface area contributed by atoms with Crippen molar-refractivity contribution in [2.45, 2.75) is 32.0 Å². The fraction of sp³-hybridized carbons (Fsp3) is 0.462. The van der Waals surface area contributed by atoms with E-state index in [1.54, 1.807) is 13.8 Å². The molecular formula is C13H17F3N2O2. The number of nitrogens with one attached hydrogen (secondary N) is 2. The zero-order valence-corrected chi connectivity index (χ0v) is 11.2. The first-order chi connectivity index (χ1) is 9.14. The zero-order valence-electron chi connectivity index (χ0n) is 11.2. The molecule has 0 aliphatic carbocycles. The second-order valence-corrected chi connectivity index (χ2v) is 4.74. The van der Waals surface area contributed by atoms with Crippen LogP contribution in [-0.4, -0.2) is 23.3 Å². The third-order valence-electron chi connectivity index (χ3n) is 2.84. The van der Waals surface area contributed by atoms with Gasteiger partial charge in [0.1, 0.15) is 0 Å². The van der Waals surface area contributed by atoms with E-state index in [0.29, 0.717) is 6.42 Å². The summed E-state index contributed by atoms with van der Waals surface area (Å²) in [6.45, 7) is 3.32. The van der Waals surface area contributed by atoms with E-state index in [2.05, 4.69) is 10.6 Å². The van der Waals surface area contributed by atoms with Crippen LogP contribution in [0.15, 0.2) is 24.3 Å². The Labute approximate surface area is 115 Å². The van der Waals surface area contributed by atoms with Gasteiger partial charge in [0.2, 0.25) is 0 Å². The molecule has 2 amide bonds. The minimum atomic E-state index is -4.46. The van der Waals surface area contributed by atoms with Gasteiger partial charge in [-0.05, 0) is 31.5 Å². The Kier molecular flexibility index (Phi) is 4.99. The van der Waals surface area contributed by atoms with E-state index in [1.165, 1.54) is 12.1 Å². The van der Waals surface area contributed by atoms with Crippen LogP contribution in [0, 0.1) is 0 Å². The van der Waals surface area contributed by atoms with Gasteiger partial charge in [0, 0.05) is 12.2 Å². The zero-order chi connectivity index (χ0) is 15.4. The number of urea groups is 1. The van der Waals surface area contributed by atoms with Crippen LogP contribution in [0.5, 0.6) is 0 Å². The molecule has 1 aromatic rings.